The fourth-order valence-electron chi connectivity index (χ4n) is 7.44. The van der Waals surface area contributed by atoms with Crippen LogP contribution in [-0.4, -0.2) is 71.8 Å². The van der Waals surface area contributed by atoms with Crippen LogP contribution < -0.4 is 0 Å². The molecule has 0 bridgehead atoms. The average molecular weight is 703 g/mol. The lowest BCUT2D eigenvalue weighted by atomic mass is 9.91. The van der Waals surface area contributed by atoms with Crippen LogP contribution >= 0.6 is 11.8 Å². The molecule has 3 atom stereocenters. The number of rotatable bonds is 5. The number of aromatic nitrogens is 6. The molecule has 0 spiro atoms. The van der Waals surface area contributed by atoms with Gasteiger partial charge in [-0.2, -0.15) is 10.4 Å². The quantitative estimate of drug-likeness (QED) is 0.167. The van der Waals surface area contributed by atoms with E-state index in [1.165, 1.54) is 17.8 Å². The van der Waals surface area contributed by atoms with Gasteiger partial charge in [0.15, 0.2) is 12.0 Å². The van der Waals surface area contributed by atoms with Gasteiger partial charge in [-0.25, -0.2) is 27.9 Å². The normalized spacial score (nSPS) is 20.1. The van der Waals surface area contributed by atoms with Crippen molar-refractivity contribution < 1.29 is 23.0 Å². The Morgan fingerprint density at radius 3 is 2.62 bits per heavy atom. The van der Waals surface area contributed by atoms with Crippen molar-refractivity contribution in [3.05, 3.63) is 41.1 Å². The third-order valence-corrected chi connectivity index (χ3v) is 10.4. The third-order valence-electron chi connectivity index (χ3n) is 9.76. The van der Waals surface area contributed by atoms with Crippen LogP contribution in [0, 0.1) is 36.8 Å². The first-order valence-corrected chi connectivity index (χ1v) is 18.2. The van der Waals surface area contributed by atoms with Crippen LogP contribution in [-0.2, 0) is 9.47 Å². The molecule has 11 nitrogen and oxygen atoms in total. The molecule has 2 saturated heterocycles. The highest BCUT2D eigenvalue weighted by atomic mass is 32.2. The zero-order valence-corrected chi connectivity index (χ0v) is 29.9. The molecule has 0 saturated carbocycles. The van der Waals surface area contributed by atoms with Gasteiger partial charge < -0.3 is 14.4 Å². The minimum atomic E-state index is -0.672. The molecular formula is C36H40F2N8O3S. The highest BCUT2D eigenvalue weighted by molar-refractivity contribution is 7.98. The van der Waals surface area contributed by atoms with Crippen LogP contribution in [0.2, 0.25) is 0 Å². The number of carbonyl (C=O) groups is 1. The van der Waals surface area contributed by atoms with Crippen LogP contribution in [0.25, 0.3) is 44.0 Å². The van der Waals surface area contributed by atoms with Crippen molar-refractivity contribution in [2.45, 2.75) is 102 Å². The van der Waals surface area contributed by atoms with Gasteiger partial charge in [0.05, 0.1) is 36.3 Å². The smallest absolute Gasteiger partial charge is 0.410 e. The number of nitriles is 1. The average Bonchev–Trinajstić information content (AvgIpc) is 3.71. The van der Waals surface area contributed by atoms with Crippen LogP contribution in [0.4, 0.5) is 13.6 Å². The Morgan fingerprint density at radius 2 is 1.92 bits per heavy atom. The van der Waals surface area contributed by atoms with Crippen molar-refractivity contribution in [3.8, 4) is 17.2 Å². The second-order valence-corrected chi connectivity index (χ2v) is 15.0. The summed E-state index contributed by atoms with van der Waals surface area (Å²) in [6.07, 6.45) is 6.57. The number of nitrogens with zero attached hydrogens (tertiary/aromatic N) is 8. The molecule has 5 aromatic rings. The molecule has 14 heteroatoms. The second-order valence-electron chi connectivity index (χ2n) is 14.2. The number of halogens is 2. The van der Waals surface area contributed by atoms with Gasteiger partial charge in [-0.05, 0) is 90.2 Å². The number of carbonyl (C=O) groups excluding carboxylic acids is 1. The zero-order valence-electron chi connectivity index (χ0n) is 29.1. The van der Waals surface area contributed by atoms with Gasteiger partial charge in [-0.1, -0.05) is 5.21 Å². The van der Waals surface area contributed by atoms with E-state index in [0.717, 1.165) is 19.3 Å². The molecule has 3 aromatic heterocycles. The molecule has 50 heavy (non-hydrogen) atoms. The Labute approximate surface area is 292 Å². The maximum Gasteiger partial charge on any atom is 0.410 e. The summed E-state index contributed by atoms with van der Waals surface area (Å²) in [4.78, 5) is 19.4. The lowest BCUT2D eigenvalue weighted by molar-refractivity contribution is -0.0366. The number of benzene rings is 2. The molecule has 2 fully saturated rings. The lowest BCUT2D eigenvalue weighted by Gasteiger charge is -2.39. The zero-order chi connectivity index (χ0) is 35.5. The van der Waals surface area contributed by atoms with Gasteiger partial charge >= 0.3 is 6.09 Å². The van der Waals surface area contributed by atoms with E-state index in [1.807, 2.05) is 40.0 Å². The van der Waals surface area contributed by atoms with E-state index < -0.39 is 29.4 Å². The number of hydrogen-bond donors (Lipinski definition) is 0. The lowest BCUT2D eigenvalue weighted by Crippen LogP contribution is -2.48. The van der Waals surface area contributed by atoms with Crippen LogP contribution in [0.5, 0.6) is 0 Å². The van der Waals surface area contributed by atoms with Gasteiger partial charge in [0, 0.05) is 41.1 Å². The van der Waals surface area contributed by atoms with E-state index in [2.05, 4.69) is 21.5 Å². The van der Waals surface area contributed by atoms with Crippen molar-refractivity contribution in [2.24, 2.45) is 0 Å². The molecule has 2 aliphatic rings. The van der Waals surface area contributed by atoms with E-state index in [4.69, 9.17) is 14.5 Å². The maximum absolute atomic E-state index is 17.2. The Kier molecular flexibility index (Phi) is 8.92. The van der Waals surface area contributed by atoms with Crippen molar-refractivity contribution in [1.82, 2.24) is 34.7 Å². The van der Waals surface area contributed by atoms with E-state index in [1.54, 1.807) is 27.4 Å². The summed E-state index contributed by atoms with van der Waals surface area (Å²) < 4.78 is 48.0. The summed E-state index contributed by atoms with van der Waals surface area (Å²) in [5.74, 6) is -1.02. The summed E-state index contributed by atoms with van der Waals surface area (Å²) in [6.45, 7) is 9.87. The summed E-state index contributed by atoms with van der Waals surface area (Å²) in [7, 11) is 0. The summed E-state index contributed by atoms with van der Waals surface area (Å²) in [5.41, 5.74) is 2.80. The van der Waals surface area contributed by atoms with Crippen LogP contribution in [0.15, 0.2) is 23.4 Å². The standard InChI is InChI=1S/C36H40F2N8O3S/c1-19-15-23-31(30(38)28(19)29-20(2)25(37)17-26-24(29)18-40-46(26)27-9-7-8-14-48-27)41-34(50-6)32-33(23)45(43-42-32)22-11-13-44(21(16-22)10-12-39)35(47)49-36(3,4)5/h15,17-18,21-22,27H,7-11,13-14,16H2,1-6H3/t21-,22+,27?/m1/s1. The molecule has 1 amide bonds. The van der Waals surface area contributed by atoms with Gasteiger partial charge in [-0.15, -0.1) is 16.9 Å². The molecule has 1 unspecified atom stereocenters. The van der Waals surface area contributed by atoms with Crippen molar-refractivity contribution >= 4 is 50.7 Å². The predicted octanol–water partition coefficient (Wildman–Crippen LogP) is 8.17. The highest BCUT2D eigenvalue weighted by Gasteiger charge is 2.36. The van der Waals surface area contributed by atoms with E-state index >= 15 is 8.78 Å². The number of ether oxygens (including phenoxy) is 2. The Morgan fingerprint density at radius 1 is 1.12 bits per heavy atom. The molecule has 0 radical (unpaired) electrons. The Bertz CT molecular complexity index is 2180. The molecule has 0 aliphatic carbocycles. The number of amides is 1. The number of thioether (sulfide) groups is 1. The number of likely N-dealkylation sites (tertiary alicyclic amines) is 1. The number of piperidine rings is 1. The monoisotopic (exact) mass is 702 g/mol. The molecule has 7 rings (SSSR count). The Hall–Kier alpha value is -4.35. The summed E-state index contributed by atoms with van der Waals surface area (Å²) in [6, 6.07) is 4.93. The topological polar surface area (TPSA) is 124 Å². The minimum absolute atomic E-state index is 0.128. The van der Waals surface area contributed by atoms with Gasteiger partial charge in [-0.3, -0.25) is 0 Å². The summed E-state index contributed by atoms with van der Waals surface area (Å²) >= 11 is 1.34. The van der Waals surface area contributed by atoms with Crippen molar-refractivity contribution in [2.75, 3.05) is 19.4 Å². The Balaban J connectivity index is 1.36. The van der Waals surface area contributed by atoms with Crippen molar-refractivity contribution in [1.29, 1.82) is 5.26 Å². The minimum Gasteiger partial charge on any atom is -0.444 e. The summed E-state index contributed by atoms with van der Waals surface area (Å²) in [5, 5.41) is 25.0. The number of fused-ring (bicyclic) bond motifs is 4. The fourth-order valence-corrected chi connectivity index (χ4v) is 7.96. The third kappa shape index (κ3) is 5.84. The predicted molar refractivity (Wildman–Crippen MR) is 187 cm³/mol. The highest BCUT2D eigenvalue weighted by Crippen LogP contribution is 2.43. The van der Waals surface area contributed by atoms with Crippen LogP contribution in [0.1, 0.15) is 82.7 Å². The maximum atomic E-state index is 17.2. The van der Waals surface area contributed by atoms with Gasteiger partial charge in [0.2, 0.25) is 0 Å². The van der Waals surface area contributed by atoms with E-state index in [0.29, 0.717) is 75.0 Å². The number of hydrogen-bond acceptors (Lipinski definition) is 9. The molecule has 2 aliphatic heterocycles. The fraction of sp³-hybridized carbons (Fsp3) is 0.500. The first-order valence-electron chi connectivity index (χ1n) is 17.0. The van der Waals surface area contributed by atoms with Gasteiger partial charge in [0.25, 0.3) is 0 Å². The van der Waals surface area contributed by atoms with E-state index in [9.17, 15) is 10.1 Å². The molecular weight excluding hydrogens is 663 g/mol. The van der Waals surface area contributed by atoms with E-state index in [-0.39, 0.29) is 29.8 Å². The van der Waals surface area contributed by atoms with Gasteiger partial charge in [0.1, 0.15) is 33.0 Å². The van der Waals surface area contributed by atoms with Crippen LogP contribution in [0.3, 0.4) is 0 Å². The molecule has 262 valence electrons. The number of aryl methyl sites for hydroxylation is 1. The number of pyridine rings is 1. The molecule has 5 heterocycles. The molecule has 0 N–H and O–H groups in total. The largest absolute Gasteiger partial charge is 0.444 e. The SMILES string of the molecule is CSc1nc2c(F)c(-c3c(C)c(F)cc4c3cnn4C3CCCCO3)c(C)cc2c2c1nnn2[C@H]1CCN(C(=O)OC(C)(C)C)[C@H](CC#N)C1. The molecule has 2 aromatic carbocycles. The second kappa shape index (κ2) is 13.1. The first kappa shape index (κ1) is 34.1. The van der Waals surface area contributed by atoms with Crippen molar-refractivity contribution in [3.63, 3.8) is 0 Å². The first-order chi connectivity index (χ1) is 23.9.